The number of hydrogen-bond donors (Lipinski definition) is 1. The molecule has 5 nitrogen and oxygen atoms in total. The van der Waals surface area contributed by atoms with Crippen molar-refractivity contribution in [3.05, 3.63) is 94.8 Å². The van der Waals surface area contributed by atoms with Gasteiger partial charge in [-0.15, -0.1) is 0 Å². The Kier molecular flexibility index (Phi) is 5.23. The number of hydrogen-bond acceptors (Lipinski definition) is 4. The molecule has 1 N–H and O–H groups in total. The highest BCUT2D eigenvalue weighted by Crippen LogP contribution is 2.38. The van der Waals surface area contributed by atoms with E-state index in [-0.39, 0.29) is 17.4 Å². The summed E-state index contributed by atoms with van der Waals surface area (Å²) in [6.45, 7) is 2.03. The van der Waals surface area contributed by atoms with E-state index in [0.29, 0.717) is 6.42 Å². The minimum Gasteiger partial charge on any atom is -0.494 e. The Balaban J connectivity index is 1.77. The van der Waals surface area contributed by atoms with Crippen molar-refractivity contribution in [1.82, 2.24) is 0 Å². The molecule has 0 saturated heterocycles. The molecule has 1 atom stereocenters. The van der Waals surface area contributed by atoms with E-state index in [4.69, 9.17) is 9.84 Å². The maximum absolute atomic E-state index is 14.4. The first-order valence-corrected chi connectivity index (χ1v) is 9.57. The number of halogens is 1. The second-order valence-electron chi connectivity index (χ2n) is 7.17. The molecule has 0 bridgehead atoms. The maximum atomic E-state index is 14.4. The van der Waals surface area contributed by atoms with E-state index in [2.05, 4.69) is 0 Å². The molecule has 0 aromatic heterocycles. The predicted molar refractivity (Wildman–Crippen MR) is 114 cm³/mol. The second-order valence-corrected chi connectivity index (χ2v) is 7.17. The Hall–Kier alpha value is -3.67. The second kappa shape index (κ2) is 7.99. The van der Waals surface area contributed by atoms with E-state index >= 15 is 0 Å². The first kappa shape index (κ1) is 19.6. The minimum absolute atomic E-state index is 0.189. The Morgan fingerprint density at radius 1 is 1.13 bits per heavy atom. The SMILES string of the molecule is COc1ccc(C2CC(c3ccccc3C)=NN2c2ccc(C(=O)O)cc2)cc1F. The number of aryl methyl sites for hydroxylation is 1. The van der Waals surface area contributed by atoms with Crippen LogP contribution in [0.25, 0.3) is 0 Å². The molecule has 0 spiro atoms. The fourth-order valence-corrected chi connectivity index (χ4v) is 3.71. The number of carbonyl (C=O) groups is 1. The summed E-state index contributed by atoms with van der Waals surface area (Å²) >= 11 is 0. The number of nitrogens with zero attached hydrogens (tertiary/aromatic N) is 2. The highest BCUT2D eigenvalue weighted by Gasteiger charge is 2.31. The molecular weight excluding hydrogens is 383 g/mol. The molecule has 4 rings (SSSR count). The number of carboxylic acids is 1. The van der Waals surface area contributed by atoms with Crippen LogP contribution in [0, 0.1) is 12.7 Å². The quantitative estimate of drug-likeness (QED) is 0.635. The van der Waals surface area contributed by atoms with E-state index in [1.165, 1.54) is 13.2 Å². The molecule has 3 aromatic carbocycles. The van der Waals surface area contributed by atoms with Gasteiger partial charge < -0.3 is 9.84 Å². The van der Waals surface area contributed by atoms with Crippen LogP contribution >= 0.6 is 0 Å². The van der Waals surface area contributed by atoms with Crippen molar-refractivity contribution in [2.24, 2.45) is 5.10 Å². The van der Waals surface area contributed by atoms with E-state index in [1.54, 1.807) is 30.3 Å². The number of hydrazone groups is 1. The van der Waals surface area contributed by atoms with Crippen LogP contribution in [-0.4, -0.2) is 23.9 Å². The first-order chi connectivity index (χ1) is 14.5. The van der Waals surface area contributed by atoms with E-state index in [0.717, 1.165) is 28.1 Å². The molecule has 152 valence electrons. The van der Waals surface area contributed by atoms with Gasteiger partial charge >= 0.3 is 5.97 Å². The van der Waals surface area contributed by atoms with Crippen LogP contribution < -0.4 is 9.75 Å². The topological polar surface area (TPSA) is 62.1 Å². The summed E-state index contributed by atoms with van der Waals surface area (Å²) in [5, 5.41) is 15.8. The van der Waals surface area contributed by atoms with E-state index in [1.807, 2.05) is 42.3 Å². The van der Waals surface area contributed by atoms with Crippen LogP contribution in [0.4, 0.5) is 10.1 Å². The molecule has 6 heteroatoms. The van der Waals surface area contributed by atoms with Gasteiger partial charge in [0.2, 0.25) is 0 Å². The molecule has 0 aliphatic carbocycles. The van der Waals surface area contributed by atoms with E-state index < -0.39 is 11.8 Å². The zero-order valence-corrected chi connectivity index (χ0v) is 16.7. The lowest BCUT2D eigenvalue weighted by molar-refractivity contribution is 0.0697. The van der Waals surface area contributed by atoms with Crippen LogP contribution in [0.2, 0.25) is 0 Å². The highest BCUT2D eigenvalue weighted by molar-refractivity contribution is 6.04. The molecule has 1 aliphatic heterocycles. The fraction of sp³-hybridized carbons (Fsp3) is 0.167. The van der Waals surface area contributed by atoms with Crippen LogP contribution in [0.5, 0.6) is 5.75 Å². The van der Waals surface area contributed by atoms with Crippen LogP contribution in [0.1, 0.15) is 39.5 Å². The molecule has 0 amide bonds. The van der Waals surface area contributed by atoms with Gasteiger partial charge in [0.25, 0.3) is 0 Å². The minimum atomic E-state index is -0.985. The number of anilines is 1. The lowest BCUT2D eigenvalue weighted by Crippen LogP contribution is -2.19. The van der Waals surface area contributed by atoms with Crippen molar-refractivity contribution < 1.29 is 19.0 Å². The Labute approximate surface area is 174 Å². The lowest BCUT2D eigenvalue weighted by Gasteiger charge is -2.24. The Bertz CT molecular complexity index is 1130. The Morgan fingerprint density at radius 3 is 2.50 bits per heavy atom. The van der Waals surface area contributed by atoms with Crippen molar-refractivity contribution in [2.45, 2.75) is 19.4 Å². The van der Waals surface area contributed by atoms with Gasteiger partial charge in [0.1, 0.15) is 0 Å². The third kappa shape index (κ3) is 3.64. The number of rotatable bonds is 5. The molecule has 0 saturated carbocycles. The monoisotopic (exact) mass is 404 g/mol. The summed E-state index contributed by atoms with van der Waals surface area (Å²) in [7, 11) is 1.43. The fourth-order valence-electron chi connectivity index (χ4n) is 3.71. The zero-order valence-electron chi connectivity index (χ0n) is 16.7. The number of ether oxygens (including phenoxy) is 1. The summed E-state index contributed by atoms with van der Waals surface area (Å²) in [4.78, 5) is 11.2. The van der Waals surface area contributed by atoms with Gasteiger partial charge in [-0.2, -0.15) is 5.10 Å². The van der Waals surface area contributed by atoms with Crippen molar-refractivity contribution in [1.29, 1.82) is 0 Å². The number of carboxylic acid groups (broad SMARTS) is 1. The maximum Gasteiger partial charge on any atom is 0.335 e. The molecule has 1 aliphatic rings. The van der Waals surface area contributed by atoms with Gasteiger partial charge in [0, 0.05) is 12.0 Å². The standard InChI is InChI=1S/C24H21FN2O3/c1-15-5-3-4-6-19(15)21-14-22(17-9-12-23(30-2)20(25)13-17)27(26-21)18-10-7-16(8-11-18)24(28)29/h3-13,22H,14H2,1-2H3,(H,28,29). The molecule has 1 heterocycles. The summed E-state index contributed by atoms with van der Waals surface area (Å²) in [5.74, 6) is -1.23. The van der Waals surface area contributed by atoms with Gasteiger partial charge in [-0.25, -0.2) is 9.18 Å². The molecular formula is C24H21FN2O3. The van der Waals surface area contributed by atoms with Crippen LogP contribution in [0.3, 0.4) is 0 Å². The summed E-state index contributed by atoms with van der Waals surface area (Å²) < 4.78 is 19.5. The normalized spacial score (nSPS) is 15.8. The third-order valence-electron chi connectivity index (χ3n) is 5.31. The predicted octanol–water partition coefficient (Wildman–Crippen LogP) is 5.20. The molecule has 0 fully saturated rings. The van der Waals surface area contributed by atoms with Gasteiger partial charge in [0.15, 0.2) is 11.6 Å². The van der Waals surface area contributed by atoms with Gasteiger partial charge in [-0.05, 0) is 54.4 Å². The number of aromatic carboxylic acids is 1. The van der Waals surface area contributed by atoms with Gasteiger partial charge in [0.05, 0.1) is 30.1 Å². The summed E-state index contributed by atoms with van der Waals surface area (Å²) in [6, 6.07) is 19.2. The van der Waals surface area contributed by atoms with Crippen LogP contribution in [-0.2, 0) is 0 Å². The van der Waals surface area contributed by atoms with E-state index in [9.17, 15) is 14.3 Å². The van der Waals surface area contributed by atoms with Crippen molar-refractivity contribution in [2.75, 3.05) is 12.1 Å². The first-order valence-electron chi connectivity index (χ1n) is 9.57. The molecule has 0 radical (unpaired) electrons. The average molecular weight is 404 g/mol. The molecule has 3 aromatic rings. The van der Waals surface area contributed by atoms with Gasteiger partial charge in [-0.1, -0.05) is 30.3 Å². The Morgan fingerprint density at radius 2 is 1.87 bits per heavy atom. The molecule has 30 heavy (non-hydrogen) atoms. The van der Waals surface area contributed by atoms with Crippen molar-refractivity contribution >= 4 is 17.4 Å². The van der Waals surface area contributed by atoms with Crippen LogP contribution in [0.15, 0.2) is 71.8 Å². The highest BCUT2D eigenvalue weighted by atomic mass is 19.1. The summed E-state index contributed by atoms with van der Waals surface area (Å²) in [5.41, 5.74) is 4.76. The average Bonchev–Trinajstić information content (AvgIpc) is 3.19. The van der Waals surface area contributed by atoms with Crippen molar-refractivity contribution in [3.8, 4) is 5.75 Å². The largest absolute Gasteiger partial charge is 0.494 e. The van der Waals surface area contributed by atoms with Gasteiger partial charge in [-0.3, -0.25) is 5.01 Å². The smallest absolute Gasteiger partial charge is 0.335 e. The number of benzene rings is 3. The van der Waals surface area contributed by atoms with Crippen molar-refractivity contribution in [3.63, 3.8) is 0 Å². The molecule has 1 unspecified atom stereocenters. The zero-order chi connectivity index (χ0) is 21.3. The number of methoxy groups -OCH3 is 1. The lowest BCUT2D eigenvalue weighted by atomic mass is 9.96. The third-order valence-corrected chi connectivity index (χ3v) is 5.31. The summed E-state index contributed by atoms with van der Waals surface area (Å²) in [6.07, 6.45) is 0.595.